The highest BCUT2D eigenvalue weighted by Crippen LogP contribution is 2.03. The molecular formula is C13H29NO2. The van der Waals surface area contributed by atoms with Crippen LogP contribution in [0.2, 0.25) is 0 Å². The Labute approximate surface area is 101 Å². The maximum atomic E-state index is 5.65. The SMILES string of the molecule is CCCNC(COC)COCCCC(C)C. The van der Waals surface area contributed by atoms with E-state index in [2.05, 4.69) is 26.1 Å². The van der Waals surface area contributed by atoms with Gasteiger partial charge in [0.1, 0.15) is 0 Å². The van der Waals surface area contributed by atoms with Gasteiger partial charge < -0.3 is 14.8 Å². The Kier molecular flexibility index (Phi) is 11.3. The highest BCUT2D eigenvalue weighted by atomic mass is 16.5. The Balaban J connectivity index is 3.43. The summed E-state index contributed by atoms with van der Waals surface area (Å²) in [5.74, 6) is 0.775. The minimum atomic E-state index is 0.337. The highest BCUT2D eigenvalue weighted by Gasteiger charge is 2.06. The Morgan fingerprint density at radius 3 is 2.50 bits per heavy atom. The minimum Gasteiger partial charge on any atom is -0.383 e. The number of hydrogen-bond donors (Lipinski definition) is 1. The molecular weight excluding hydrogens is 202 g/mol. The smallest absolute Gasteiger partial charge is 0.0642 e. The molecule has 0 saturated heterocycles. The molecule has 1 atom stereocenters. The zero-order valence-corrected chi connectivity index (χ0v) is 11.4. The number of rotatable bonds is 11. The fourth-order valence-electron chi connectivity index (χ4n) is 1.53. The largest absolute Gasteiger partial charge is 0.383 e. The highest BCUT2D eigenvalue weighted by molar-refractivity contribution is 4.64. The molecule has 0 aliphatic heterocycles. The van der Waals surface area contributed by atoms with Gasteiger partial charge in [-0.05, 0) is 31.7 Å². The average Bonchev–Trinajstić information content (AvgIpc) is 2.24. The van der Waals surface area contributed by atoms with Crippen molar-refractivity contribution in [3.63, 3.8) is 0 Å². The number of nitrogens with one attached hydrogen (secondary N) is 1. The van der Waals surface area contributed by atoms with E-state index in [1.165, 1.54) is 6.42 Å². The summed E-state index contributed by atoms with van der Waals surface area (Å²) in [6.07, 6.45) is 3.55. The zero-order valence-electron chi connectivity index (χ0n) is 11.4. The van der Waals surface area contributed by atoms with E-state index < -0.39 is 0 Å². The first-order valence-electron chi connectivity index (χ1n) is 6.50. The molecule has 0 aliphatic rings. The lowest BCUT2D eigenvalue weighted by Crippen LogP contribution is -2.37. The summed E-state index contributed by atoms with van der Waals surface area (Å²) in [6.45, 7) is 10.0. The Hall–Kier alpha value is -0.120. The van der Waals surface area contributed by atoms with Gasteiger partial charge in [-0.2, -0.15) is 0 Å². The molecule has 0 saturated carbocycles. The lowest BCUT2D eigenvalue weighted by atomic mass is 10.1. The second-order valence-electron chi connectivity index (χ2n) is 4.72. The van der Waals surface area contributed by atoms with E-state index in [0.717, 1.165) is 45.1 Å². The molecule has 0 spiro atoms. The van der Waals surface area contributed by atoms with Crippen molar-refractivity contribution < 1.29 is 9.47 Å². The van der Waals surface area contributed by atoms with Crippen molar-refractivity contribution in [3.8, 4) is 0 Å². The Bertz CT molecular complexity index is 140. The fraction of sp³-hybridized carbons (Fsp3) is 1.00. The van der Waals surface area contributed by atoms with E-state index >= 15 is 0 Å². The molecule has 0 radical (unpaired) electrons. The topological polar surface area (TPSA) is 30.5 Å². The predicted molar refractivity (Wildman–Crippen MR) is 68.8 cm³/mol. The van der Waals surface area contributed by atoms with Crippen LogP contribution in [0.4, 0.5) is 0 Å². The molecule has 0 aromatic rings. The van der Waals surface area contributed by atoms with Crippen LogP contribution in [0.5, 0.6) is 0 Å². The number of hydrogen-bond acceptors (Lipinski definition) is 3. The van der Waals surface area contributed by atoms with Gasteiger partial charge in [-0.1, -0.05) is 20.8 Å². The third kappa shape index (κ3) is 10.4. The second-order valence-corrected chi connectivity index (χ2v) is 4.72. The maximum Gasteiger partial charge on any atom is 0.0642 e. The molecule has 1 unspecified atom stereocenters. The number of methoxy groups -OCH3 is 1. The van der Waals surface area contributed by atoms with Crippen LogP contribution in [-0.4, -0.2) is 39.5 Å². The monoisotopic (exact) mass is 231 g/mol. The van der Waals surface area contributed by atoms with Crippen molar-refractivity contribution in [1.29, 1.82) is 0 Å². The molecule has 0 fully saturated rings. The van der Waals surface area contributed by atoms with Crippen LogP contribution in [0.15, 0.2) is 0 Å². The third-order valence-corrected chi connectivity index (χ3v) is 2.44. The van der Waals surface area contributed by atoms with E-state index in [1.54, 1.807) is 7.11 Å². The van der Waals surface area contributed by atoms with E-state index in [9.17, 15) is 0 Å². The molecule has 0 bridgehead atoms. The third-order valence-electron chi connectivity index (χ3n) is 2.44. The van der Waals surface area contributed by atoms with Crippen LogP contribution >= 0.6 is 0 Å². The summed E-state index contributed by atoms with van der Waals surface area (Å²) < 4.78 is 10.8. The van der Waals surface area contributed by atoms with Gasteiger partial charge >= 0.3 is 0 Å². The van der Waals surface area contributed by atoms with Crippen LogP contribution in [-0.2, 0) is 9.47 Å². The van der Waals surface area contributed by atoms with Crippen LogP contribution in [0, 0.1) is 5.92 Å². The van der Waals surface area contributed by atoms with Gasteiger partial charge in [0.25, 0.3) is 0 Å². The molecule has 3 nitrogen and oxygen atoms in total. The van der Waals surface area contributed by atoms with Gasteiger partial charge in [-0.3, -0.25) is 0 Å². The molecule has 16 heavy (non-hydrogen) atoms. The van der Waals surface area contributed by atoms with Crippen LogP contribution < -0.4 is 5.32 Å². The summed E-state index contributed by atoms with van der Waals surface area (Å²) in [7, 11) is 1.74. The van der Waals surface area contributed by atoms with Crippen molar-refractivity contribution >= 4 is 0 Å². The van der Waals surface area contributed by atoms with E-state index in [1.807, 2.05) is 0 Å². The van der Waals surface area contributed by atoms with Gasteiger partial charge in [0.15, 0.2) is 0 Å². The lowest BCUT2D eigenvalue weighted by molar-refractivity contribution is 0.0714. The molecule has 0 aliphatic carbocycles. The van der Waals surface area contributed by atoms with Gasteiger partial charge in [-0.15, -0.1) is 0 Å². The molecule has 3 heteroatoms. The van der Waals surface area contributed by atoms with Crippen LogP contribution in [0.25, 0.3) is 0 Å². The molecule has 0 heterocycles. The normalized spacial score (nSPS) is 13.3. The van der Waals surface area contributed by atoms with Gasteiger partial charge in [0.05, 0.1) is 19.3 Å². The summed E-state index contributed by atoms with van der Waals surface area (Å²) in [5.41, 5.74) is 0. The summed E-state index contributed by atoms with van der Waals surface area (Å²) in [4.78, 5) is 0. The summed E-state index contributed by atoms with van der Waals surface area (Å²) in [6, 6.07) is 0.337. The Morgan fingerprint density at radius 2 is 1.94 bits per heavy atom. The van der Waals surface area contributed by atoms with E-state index in [-0.39, 0.29) is 0 Å². The number of ether oxygens (including phenoxy) is 2. The quantitative estimate of drug-likeness (QED) is 0.554. The lowest BCUT2D eigenvalue weighted by Gasteiger charge is -2.17. The van der Waals surface area contributed by atoms with Crippen molar-refractivity contribution in [2.24, 2.45) is 5.92 Å². The Morgan fingerprint density at radius 1 is 1.19 bits per heavy atom. The zero-order chi connectivity index (χ0) is 12.2. The first kappa shape index (κ1) is 15.9. The second kappa shape index (κ2) is 11.4. The van der Waals surface area contributed by atoms with Crippen molar-refractivity contribution in [2.45, 2.75) is 46.1 Å². The molecule has 0 amide bonds. The van der Waals surface area contributed by atoms with Crippen molar-refractivity contribution in [2.75, 3.05) is 33.5 Å². The first-order valence-corrected chi connectivity index (χ1v) is 6.50. The van der Waals surface area contributed by atoms with Gasteiger partial charge in [0.2, 0.25) is 0 Å². The molecule has 0 rings (SSSR count). The predicted octanol–water partition coefficient (Wildman–Crippen LogP) is 2.45. The standard InChI is InChI=1S/C13H29NO2/c1-5-8-14-13(10-15-4)11-16-9-6-7-12(2)3/h12-14H,5-11H2,1-4H3. The van der Waals surface area contributed by atoms with E-state index in [0.29, 0.717) is 6.04 Å². The van der Waals surface area contributed by atoms with E-state index in [4.69, 9.17) is 9.47 Å². The van der Waals surface area contributed by atoms with Crippen LogP contribution in [0.1, 0.15) is 40.0 Å². The average molecular weight is 231 g/mol. The fourth-order valence-corrected chi connectivity index (χ4v) is 1.53. The molecule has 98 valence electrons. The molecule has 1 N–H and O–H groups in total. The molecule has 0 aromatic heterocycles. The maximum absolute atomic E-state index is 5.65. The first-order chi connectivity index (χ1) is 7.70. The summed E-state index contributed by atoms with van der Waals surface area (Å²) in [5, 5.41) is 3.42. The van der Waals surface area contributed by atoms with Crippen molar-refractivity contribution in [3.05, 3.63) is 0 Å². The van der Waals surface area contributed by atoms with Gasteiger partial charge in [0, 0.05) is 13.7 Å². The van der Waals surface area contributed by atoms with Gasteiger partial charge in [-0.25, -0.2) is 0 Å². The summed E-state index contributed by atoms with van der Waals surface area (Å²) >= 11 is 0. The van der Waals surface area contributed by atoms with Crippen molar-refractivity contribution in [1.82, 2.24) is 5.32 Å². The molecule has 0 aromatic carbocycles. The van der Waals surface area contributed by atoms with Crippen LogP contribution in [0.3, 0.4) is 0 Å². The minimum absolute atomic E-state index is 0.337.